The molecule has 0 spiro atoms. The van der Waals surface area contributed by atoms with Gasteiger partial charge in [0.25, 0.3) is 0 Å². The highest BCUT2D eigenvalue weighted by Crippen LogP contribution is 2.15. The van der Waals surface area contributed by atoms with Crippen LogP contribution in [0.1, 0.15) is 26.2 Å². The lowest BCUT2D eigenvalue weighted by molar-refractivity contribution is 0.190. The molecule has 1 aromatic heterocycles. The Labute approximate surface area is 108 Å². The molecule has 1 N–H and O–H groups in total. The van der Waals surface area contributed by atoms with Gasteiger partial charge in [0.2, 0.25) is 0 Å². The molecule has 0 aromatic carbocycles. The number of rotatable bonds is 4. The van der Waals surface area contributed by atoms with E-state index in [0.717, 1.165) is 25.4 Å². The van der Waals surface area contributed by atoms with E-state index in [1.807, 2.05) is 0 Å². The quantitative estimate of drug-likeness (QED) is 0.825. The highest BCUT2D eigenvalue weighted by atomic mass is 16.2. The first kappa shape index (κ1) is 13.1. The van der Waals surface area contributed by atoms with Gasteiger partial charge in [-0.15, -0.1) is 0 Å². The highest BCUT2D eigenvalue weighted by Gasteiger charge is 2.14. The van der Waals surface area contributed by atoms with Crippen LogP contribution in [0.25, 0.3) is 0 Å². The van der Waals surface area contributed by atoms with Gasteiger partial charge in [-0.3, -0.25) is 4.57 Å². The normalized spacial score (nSPS) is 17.8. The maximum absolute atomic E-state index is 11.6. The second kappa shape index (κ2) is 6.54. The van der Waals surface area contributed by atoms with Crippen LogP contribution in [0.3, 0.4) is 0 Å². The molecule has 1 aliphatic heterocycles. The van der Waals surface area contributed by atoms with Crippen LogP contribution in [0.5, 0.6) is 0 Å². The third-order valence-electron chi connectivity index (χ3n) is 3.54. The number of amides is 1. The summed E-state index contributed by atoms with van der Waals surface area (Å²) in [4.78, 5) is 17.9. The van der Waals surface area contributed by atoms with Crippen LogP contribution in [-0.2, 0) is 0 Å². The van der Waals surface area contributed by atoms with Gasteiger partial charge in [-0.2, -0.15) is 0 Å². The zero-order valence-electron chi connectivity index (χ0n) is 11.0. The average molecular weight is 250 g/mol. The Morgan fingerprint density at radius 2 is 2.22 bits per heavy atom. The average Bonchev–Trinajstić information content (AvgIpc) is 2.90. The Hall–Kier alpha value is -1.36. The Kier molecular flexibility index (Phi) is 4.75. The number of aromatic nitrogens is 2. The number of nitrogens with zero attached hydrogens (tertiary/aromatic N) is 3. The Bertz CT molecular complexity index is 355. The maximum atomic E-state index is 11.6. The van der Waals surface area contributed by atoms with Crippen LogP contribution in [-0.4, -0.2) is 46.7 Å². The van der Waals surface area contributed by atoms with Crippen LogP contribution < -0.4 is 5.32 Å². The number of carbonyl (C=O) groups is 1. The van der Waals surface area contributed by atoms with Crippen LogP contribution in [0.15, 0.2) is 18.7 Å². The zero-order valence-corrected chi connectivity index (χ0v) is 11.0. The third-order valence-corrected chi connectivity index (χ3v) is 3.54. The fourth-order valence-corrected chi connectivity index (χ4v) is 2.25. The summed E-state index contributed by atoms with van der Waals surface area (Å²) in [7, 11) is 0. The van der Waals surface area contributed by atoms with E-state index in [2.05, 4.69) is 22.1 Å². The lowest BCUT2D eigenvalue weighted by atomic mass is 9.99. The Morgan fingerprint density at radius 3 is 2.89 bits per heavy atom. The van der Waals surface area contributed by atoms with E-state index < -0.39 is 0 Å². The van der Waals surface area contributed by atoms with E-state index in [4.69, 9.17) is 0 Å². The van der Waals surface area contributed by atoms with Crippen molar-refractivity contribution in [3.8, 4) is 0 Å². The summed E-state index contributed by atoms with van der Waals surface area (Å²) in [5, 5.41) is 2.89. The summed E-state index contributed by atoms with van der Waals surface area (Å²) in [5.74, 6) is 0.877. The second-order valence-electron chi connectivity index (χ2n) is 5.08. The van der Waals surface area contributed by atoms with Gasteiger partial charge in [0.15, 0.2) is 0 Å². The van der Waals surface area contributed by atoms with Crippen LogP contribution in [0, 0.1) is 5.92 Å². The fourth-order valence-electron chi connectivity index (χ4n) is 2.25. The van der Waals surface area contributed by atoms with Crippen molar-refractivity contribution < 1.29 is 4.79 Å². The van der Waals surface area contributed by atoms with Crippen LogP contribution in [0.2, 0.25) is 0 Å². The van der Waals surface area contributed by atoms with Crippen LogP contribution in [0.4, 0.5) is 4.79 Å². The van der Waals surface area contributed by atoms with E-state index in [-0.39, 0.29) is 6.03 Å². The van der Waals surface area contributed by atoms with Crippen molar-refractivity contribution in [2.45, 2.75) is 26.2 Å². The molecule has 1 aromatic rings. The molecule has 100 valence electrons. The van der Waals surface area contributed by atoms with E-state index in [9.17, 15) is 4.79 Å². The zero-order chi connectivity index (χ0) is 12.8. The van der Waals surface area contributed by atoms with Gasteiger partial charge in [-0.25, -0.2) is 9.78 Å². The van der Waals surface area contributed by atoms with E-state index >= 15 is 0 Å². The highest BCUT2D eigenvalue weighted by molar-refractivity contribution is 5.76. The first-order chi connectivity index (χ1) is 8.75. The van der Waals surface area contributed by atoms with Gasteiger partial charge in [-0.1, -0.05) is 6.92 Å². The molecule has 1 aliphatic rings. The third kappa shape index (κ3) is 3.84. The molecule has 0 radical (unpaired) electrons. The van der Waals surface area contributed by atoms with Gasteiger partial charge >= 0.3 is 6.03 Å². The van der Waals surface area contributed by atoms with E-state index in [1.165, 1.54) is 36.8 Å². The number of nitrogens with one attached hydrogen (secondary N) is 1. The van der Waals surface area contributed by atoms with Crippen molar-refractivity contribution in [3.63, 3.8) is 0 Å². The molecule has 1 saturated heterocycles. The minimum atomic E-state index is -0.0974. The van der Waals surface area contributed by atoms with Gasteiger partial charge < -0.3 is 10.2 Å². The molecule has 0 aliphatic carbocycles. The standard InChI is InChI=1S/C13H22N4O/c1-12-3-8-16(9-4-12)7-2-5-15-13(18)17-10-6-14-11-17/h6,10-12H,2-5,7-9H2,1H3,(H,15,18). The summed E-state index contributed by atoms with van der Waals surface area (Å²) < 4.78 is 1.46. The van der Waals surface area contributed by atoms with Gasteiger partial charge in [0.05, 0.1) is 0 Å². The first-order valence-corrected chi connectivity index (χ1v) is 6.74. The minimum absolute atomic E-state index is 0.0974. The number of likely N-dealkylation sites (tertiary alicyclic amines) is 1. The first-order valence-electron chi connectivity index (χ1n) is 6.74. The van der Waals surface area contributed by atoms with Crippen molar-refractivity contribution >= 4 is 6.03 Å². The smallest absolute Gasteiger partial charge is 0.326 e. The molecule has 0 bridgehead atoms. The minimum Gasteiger partial charge on any atom is -0.337 e. The Balaban J connectivity index is 1.57. The van der Waals surface area contributed by atoms with Crippen molar-refractivity contribution in [1.29, 1.82) is 0 Å². The molecular formula is C13H22N4O. The molecule has 18 heavy (non-hydrogen) atoms. The van der Waals surface area contributed by atoms with Gasteiger partial charge in [0.1, 0.15) is 6.33 Å². The van der Waals surface area contributed by atoms with Crippen molar-refractivity contribution in [1.82, 2.24) is 19.8 Å². The maximum Gasteiger partial charge on any atom is 0.326 e. The van der Waals surface area contributed by atoms with E-state index in [0.29, 0.717) is 0 Å². The number of piperidine rings is 1. The predicted octanol–water partition coefficient (Wildman–Crippen LogP) is 1.56. The lowest BCUT2D eigenvalue weighted by Crippen LogP contribution is -2.36. The fraction of sp³-hybridized carbons (Fsp3) is 0.692. The summed E-state index contributed by atoms with van der Waals surface area (Å²) >= 11 is 0. The number of hydrogen-bond acceptors (Lipinski definition) is 3. The number of carbonyl (C=O) groups excluding carboxylic acids is 1. The molecule has 1 fully saturated rings. The van der Waals surface area contributed by atoms with Crippen LogP contribution >= 0.6 is 0 Å². The molecule has 0 saturated carbocycles. The summed E-state index contributed by atoms with van der Waals surface area (Å²) in [6, 6.07) is -0.0974. The van der Waals surface area contributed by atoms with E-state index in [1.54, 1.807) is 12.4 Å². The number of hydrogen-bond donors (Lipinski definition) is 1. The monoisotopic (exact) mass is 250 g/mol. The SMILES string of the molecule is CC1CCN(CCCNC(=O)n2ccnc2)CC1. The molecule has 0 unspecified atom stereocenters. The van der Waals surface area contributed by atoms with Gasteiger partial charge in [0, 0.05) is 18.9 Å². The molecule has 2 rings (SSSR count). The molecule has 0 atom stereocenters. The molecule has 5 heteroatoms. The van der Waals surface area contributed by atoms with Crippen molar-refractivity contribution in [3.05, 3.63) is 18.7 Å². The summed E-state index contributed by atoms with van der Waals surface area (Å²) in [5.41, 5.74) is 0. The van der Waals surface area contributed by atoms with Crippen molar-refractivity contribution in [2.24, 2.45) is 5.92 Å². The number of imidazole rings is 1. The largest absolute Gasteiger partial charge is 0.337 e. The molecular weight excluding hydrogens is 228 g/mol. The second-order valence-corrected chi connectivity index (χ2v) is 5.08. The molecule has 2 heterocycles. The Morgan fingerprint density at radius 1 is 1.44 bits per heavy atom. The molecule has 5 nitrogen and oxygen atoms in total. The topological polar surface area (TPSA) is 50.2 Å². The molecule has 1 amide bonds. The van der Waals surface area contributed by atoms with Crippen molar-refractivity contribution in [2.75, 3.05) is 26.2 Å². The van der Waals surface area contributed by atoms with Gasteiger partial charge in [-0.05, 0) is 44.8 Å². The summed E-state index contributed by atoms with van der Waals surface area (Å²) in [6.07, 6.45) is 8.40. The predicted molar refractivity (Wildman–Crippen MR) is 70.5 cm³/mol. The summed E-state index contributed by atoms with van der Waals surface area (Å²) in [6.45, 7) is 6.54. The lowest BCUT2D eigenvalue weighted by Gasteiger charge is -2.30.